The van der Waals surface area contributed by atoms with E-state index in [1.165, 1.54) is 17.4 Å². The van der Waals surface area contributed by atoms with Gasteiger partial charge in [0.1, 0.15) is 11.4 Å². The van der Waals surface area contributed by atoms with Crippen LogP contribution >= 0.6 is 11.3 Å². The number of benzene rings is 1. The van der Waals surface area contributed by atoms with Gasteiger partial charge in [0.05, 0.1) is 5.51 Å². The van der Waals surface area contributed by atoms with Crippen LogP contribution in [-0.2, 0) is 0 Å². The highest BCUT2D eigenvalue weighted by molar-refractivity contribution is 7.07. The Morgan fingerprint density at radius 1 is 1.47 bits per heavy atom. The van der Waals surface area contributed by atoms with Gasteiger partial charge in [-0.05, 0) is 12.1 Å². The number of anilines is 1. The standard InChI is InChI=1S/C10H8N2O2S/c13-8-3-1-2-7(4-8)12-10(14)9-5-15-6-11-9/h1-6,13H,(H,12,14). The van der Waals surface area contributed by atoms with Crippen molar-refractivity contribution >= 4 is 22.9 Å². The van der Waals surface area contributed by atoms with Crippen LogP contribution in [0.15, 0.2) is 35.2 Å². The molecule has 1 heterocycles. The average Bonchev–Trinajstić information content (AvgIpc) is 2.70. The lowest BCUT2D eigenvalue weighted by Gasteiger charge is -2.02. The summed E-state index contributed by atoms with van der Waals surface area (Å²) in [7, 11) is 0. The number of carbonyl (C=O) groups is 1. The molecule has 0 aliphatic carbocycles. The van der Waals surface area contributed by atoms with Crippen molar-refractivity contribution in [1.29, 1.82) is 0 Å². The number of amides is 1. The monoisotopic (exact) mass is 220 g/mol. The Hall–Kier alpha value is -1.88. The Balaban J connectivity index is 2.13. The molecule has 0 fully saturated rings. The molecule has 2 rings (SSSR count). The van der Waals surface area contributed by atoms with Crippen molar-refractivity contribution in [2.75, 3.05) is 5.32 Å². The van der Waals surface area contributed by atoms with Gasteiger partial charge in [-0.1, -0.05) is 6.07 Å². The van der Waals surface area contributed by atoms with E-state index in [9.17, 15) is 9.90 Å². The molecule has 15 heavy (non-hydrogen) atoms. The minimum atomic E-state index is -0.276. The Bertz CT molecular complexity index is 468. The van der Waals surface area contributed by atoms with E-state index >= 15 is 0 Å². The van der Waals surface area contributed by atoms with Crippen LogP contribution in [0, 0.1) is 0 Å². The molecule has 4 nitrogen and oxygen atoms in total. The second-order valence-corrected chi connectivity index (χ2v) is 3.60. The SMILES string of the molecule is O=C(Nc1cccc(O)c1)c1cscn1. The predicted octanol–water partition coefficient (Wildman–Crippen LogP) is 2.10. The van der Waals surface area contributed by atoms with Crippen molar-refractivity contribution in [1.82, 2.24) is 4.98 Å². The maximum absolute atomic E-state index is 11.5. The van der Waals surface area contributed by atoms with E-state index in [2.05, 4.69) is 10.3 Å². The highest BCUT2D eigenvalue weighted by atomic mass is 32.1. The number of aromatic hydroxyl groups is 1. The first-order chi connectivity index (χ1) is 7.25. The predicted molar refractivity (Wildman–Crippen MR) is 58.2 cm³/mol. The maximum atomic E-state index is 11.5. The molecule has 1 aromatic heterocycles. The Morgan fingerprint density at radius 3 is 3.00 bits per heavy atom. The van der Waals surface area contributed by atoms with Crippen LogP contribution in [0.5, 0.6) is 5.75 Å². The molecule has 0 aliphatic heterocycles. The molecule has 2 aromatic rings. The molecule has 0 unspecified atom stereocenters. The summed E-state index contributed by atoms with van der Waals surface area (Å²) in [5.41, 5.74) is 2.52. The molecule has 0 spiro atoms. The number of thiazole rings is 1. The van der Waals surface area contributed by atoms with Crippen molar-refractivity contribution in [3.8, 4) is 5.75 Å². The highest BCUT2D eigenvalue weighted by Crippen LogP contribution is 2.16. The summed E-state index contributed by atoms with van der Waals surface area (Å²) < 4.78 is 0. The van der Waals surface area contributed by atoms with Crippen LogP contribution in [-0.4, -0.2) is 16.0 Å². The van der Waals surface area contributed by atoms with Gasteiger partial charge in [-0.15, -0.1) is 11.3 Å². The van der Waals surface area contributed by atoms with Gasteiger partial charge in [-0.25, -0.2) is 4.98 Å². The number of hydrogen-bond acceptors (Lipinski definition) is 4. The molecule has 0 bridgehead atoms. The molecular formula is C10H8N2O2S. The van der Waals surface area contributed by atoms with Gasteiger partial charge in [0, 0.05) is 17.1 Å². The summed E-state index contributed by atoms with van der Waals surface area (Å²) in [6.45, 7) is 0. The van der Waals surface area contributed by atoms with Crippen LogP contribution in [0.1, 0.15) is 10.5 Å². The van der Waals surface area contributed by atoms with Gasteiger partial charge in [0.25, 0.3) is 5.91 Å². The number of nitrogens with zero attached hydrogens (tertiary/aromatic N) is 1. The molecule has 76 valence electrons. The number of phenols is 1. The smallest absolute Gasteiger partial charge is 0.275 e. The Kier molecular flexibility index (Phi) is 2.64. The zero-order valence-electron chi connectivity index (χ0n) is 7.68. The fourth-order valence-corrected chi connectivity index (χ4v) is 1.64. The van der Waals surface area contributed by atoms with E-state index in [0.29, 0.717) is 11.4 Å². The van der Waals surface area contributed by atoms with Crippen molar-refractivity contribution in [2.45, 2.75) is 0 Å². The summed E-state index contributed by atoms with van der Waals surface area (Å²) in [6, 6.07) is 6.37. The minimum absolute atomic E-state index is 0.117. The molecule has 1 amide bonds. The molecular weight excluding hydrogens is 212 g/mol. The zero-order valence-corrected chi connectivity index (χ0v) is 8.49. The van der Waals surface area contributed by atoms with E-state index in [4.69, 9.17) is 0 Å². The first-order valence-corrected chi connectivity index (χ1v) is 5.18. The van der Waals surface area contributed by atoms with E-state index in [1.807, 2.05) is 0 Å². The number of nitrogens with one attached hydrogen (secondary N) is 1. The van der Waals surface area contributed by atoms with Crippen molar-refractivity contribution in [3.05, 3.63) is 40.8 Å². The lowest BCUT2D eigenvalue weighted by molar-refractivity contribution is 0.102. The summed E-state index contributed by atoms with van der Waals surface area (Å²) in [6.07, 6.45) is 0. The van der Waals surface area contributed by atoms with Gasteiger partial charge in [0.15, 0.2) is 0 Å². The topological polar surface area (TPSA) is 62.2 Å². The van der Waals surface area contributed by atoms with Crippen LogP contribution < -0.4 is 5.32 Å². The third-order valence-electron chi connectivity index (χ3n) is 1.77. The third-order valence-corrected chi connectivity index (χ3v) is 2.36. The maximum Gasteiger partial charge on any atom is 0.275 e. The second-order valence-electron chi connectivity index (χ2n) is 2.88. The average molecular weight is 220 g/mol. The van der Waals surface area contributed by atoms with E-state index in [0.717, 1.165) is 0 Å². The number of phenolic OH excluding ortho intramolecular Hbond substituents is 1. The van der Waals surface area contributed by atoms with E-state index in [-0.39, 0.29) is 11.7 Å². The Labute approximate surface area is 90.2 Å². The largest absolute Gasteiger partial charge is 0.508 e. The highest BCUT2D eigenvalue weighted by Gasteiger charge is 2.07. The fraction of sp³-hybridized carbons (Fsp3) is 0. The van der Waals surface area contributed by atoms with Gasteiger partial charge in [0.2, 0.25) is 0 Å². The molecule has 5 heteroatoms. The lowest BCUT2D eigenvalue weighted by atomic mass is 10.3. The van der Waals surface area contributed by atoms with Gasteiger partial charge in [-0.3, -0.25) is 4.79 Å². The second kappa shape index (κ2) is 4.10. The molecule has 0 saturated carbocycles. The summed E-state index contributed by atoms with van der Waals surface area (Å²) in [4.78, 5) is 15.4. The first-order valence-electron chi connectivity index (χ1n) is 4.24. The fourth-order valence-electron chi connectivity index (χ4n) is 1.10. The van der Waals surface area contributed by atoms with Crippen LogP contribution in [0.2, 0.25) is 0 Å². The van der Waals surface area contributed by atoms with Gasteiger partial charge in [-0.2, -0.15) is 0 Å². The summed E-state index contributed by atoms with van der Waals surface area (Å²) >= 11 is 1.36. The number of aromatic nitrogens is 1. The molecule has 0 aliphatic rings. The van der Waals surface area contributed by atoms with Gasteiger partial charge < -0.3 is 10.4 Å². The summed E-state index contributed by atoms with van der Waals surface area (Å²) in [5.74, 6) is -0.159. The number of hydrogen-bond donors (Lipinski definition) is 2. The lowest BCUT2D eigenvalue weighted by Crippen LogP contribution is -2.11. The normalized spacial score (nSPS) is 9.87. The molecule has 2 N–H and O–H groups in total. The molecule has 0 atom stereocenters. The molecule has 1 aromatic carbocycles. The van der Waals surface area contributed by atoms with Crippen LogP contribution in [0.4, 0.5) is 5.69 Å². The van der Waals surface area contributed by atoms with Gasteiger partial charge >= 0.3 is 0 Å². The van der Waals surface area contributed by atoms with E-state index in [1.54, 1.807) is 29.1 Å². The Morgan fingerprint density at radius 2 is 2.33 bits per heavy atom. The molecule has 0 saturated heterocycles. The summed E-state index contributed by atoms with van der Waals surface area (Å²) in [5, 5.41) is 13.5. The van der Waals surface area contributed by atoms with Crippen molar-refractivity contribution < 1.29 is 9.90 Å². The van der Waals surface area contributed by atoms with Crippen LogP contribution in [0.25, 0.3) is 0 Å². The minimum Gasteiger partial charge on any atom is -0.508 e. The quantitative estimate of drug-likeness (QED) is 0.814. The van der Waals surface area contributed by atoms with Crippen LogP contribution in [0.3, 0.4) is 0 Å². The number of rotatable bonds is 2. The van der Waals surface area contributed by atoms with Crippen molar-refractivity contribution in [3.63, 3.8) is 0 Å². The van der Waals surface area contributed by atoms with Crippen molar-refractivity contribution in [2.24, 2.45) is 0 Å². The first kappa shape index (κ1) is 9.67. The molecule has 0 radical (unpaired) electrons. The third kappa shape index (κ3) is 2.32. The number of carbonyl (C=O) groups excluding carboxylic acids is 1. The van der Waals surface area contributed by atoms with E-state index < -0.39 is 0 Å². The zero-order chi connectivity index (χ0) is 10.7.